The highest BCUT2D eigenvalue weighted by Crippen LogP contribution is 2.09. The maximum absolute atomic E-state index is 11.7. The van der Waals surface area contributed by atoms with Crippen LogP contribution < -0.4 is 10.9 Å². The van der Waals surface area contributed by atoms with E-state index in [0.29, 0.717) is 11.3 Å². The molecule has 0 atom stereocenters. The lowest BCUT2D eigenvalue weighted by atomic mass is 10.2. The molecular weight excluding hydrogens is 312 g/mol. The Morgan fingerprint density at radius 3 is 2.58 bits per heavy atom. The Morgan fingerprint density at radius 1 is 1.26 bits per heavy atom. The van der Waals surface area contributed by atoms with Crippen LogP contribution in [0.1, 0.15) is 26.5 Å². The molecular formula is C12H11BrN4O2. The van der Waals surface area contributed by atoms with Crippen molar-refractivity contribution in [2.24, 2.45) is 0 Å². The summed E-state index contributed by atoms with van der Waals surface area (Å²) in [7, 11) is 0. The van der Waals surface area contributed by atoms with Gasteiger partial charge in [-0.15, -0.1) is 0 Å². The van der Waals surface area contributed by atoms with Gasteiger partial charge in [0.05, 0.1) is 5.56 Å². The molecule has 2 heterocycles. The summed E-state index contributed by atoms with van der Waals surface area (Å²) in [4.78, 5) is 30.1. The summed E-state index contributed by atoms with van der Waals surface area (Å²) in [6.45, 7) is 1.83. The van der Waals surface area contributed by atoms with Gasteiger partial charge < -0.3 is 4.98 Å². The van der Waals surface area contributed by atoms with Gasteiger partial charge in [0.25, 0.3) is 11.8 Å². The van der Waals surface area contributed by atoms with E-state index >= 15 is 0 Å². The van der Waals surface area contributed by atoms with Gasteiger partial charge in [0.2, 0.25) is 0 Å². The van der Waals surface area contributed by atoms with Crippen LogP contribution in [0.15, 0.2) is 35.1 Å². The minimum atomic E-state index is -0.431. The molecule has 0 unspecified atom stereocenters. The molecule has 2 rings (SSSR count). The molecule has 2 aromatic rings. The highest BCUT2D eigenvalue weighted by atomic mass is 79.9. The van der Waals surface area contributed by atoms with E-state index < -0.39 is 11.8 Å². The SMILES string of the molecule is Cc1ccc(C(=O)NNC(=O)c2cc(Br)c[nH]2)cn1. The number of pyridine rings is 1. The third kappa shape index (κ3) is 3.41. The summed E-state index contributed by atoms with van der Waals surface area (Å²) >= 11 is 3.22. The quantitative estimate of drug-likeness (QED) is 0.733. The number of rotatable bonds is 2. The second-order valence-corrected chi connectivity index (χ2v) is 4.74. The van der Waals surface area contributed by atoms with Crippen LogP contribution in [-0.2, 0) is 0 Å². The Balaban J connectivity index is 1.93. The summed E-state index contributed by atoms with van der Waals surface area (Å²) in [5, 5.41) is 0. The Bertz CT molecular complexity index is 606. The van der Waals surface area contributed by atoms with Gasteiger partial charge in [-0.1, -0.05) is 0 Å². The molecule has 2 amide bonds. The van der Waals surface area contributed by atoms with Crippen LogP contribution in [0.3, 0.4) is 0 Å². The molecule has 0 fully saturated rings. The van der Waals surface area contributed by atoms with Gasteiger partial charge in [-0.25, -0.2) is 0 Å². The number of aryl methyl sites for hydroxylation is 1. The summed E-state index contributed by atoms with van der Waals surface area (Å²) in [6.07, 6.45) is 3.07. The number of aromatic nitrogens is 2. The van der Waals surface area contributed by atoms with E-state index in [9.17, 15) is 9.59 Å². The monoisotopic (exact) mass is 322 g/mol. The van der Waals surface area contributed by atoms with Crippen LogP contribution >= 0.6 is 15.9 Å². The average Bonchev–Trinajstić information content (AvgIpc) is 2.83. The first-order valence-corrected chi connectivity index (χ1v) is 6.23. The van der Waals surface area contributed by atoms with Crippen LogP contribution in [0.25, 0.3) is 0 Å². The maximum Gasteiger partial charge on any atom is 0.286 e. The molecule has 6 nitrogen and oxygen atoms in total. The van der Waals surface area contributed by atoms with Crippen molar-refractivity contribution < 1.29 is 9.59 Å². The van der Waals surface area contributed by atoms with E-state index in [0.717, 1.165) is 10.2 Å². The molecule has 0 saturated heterocycles. The van der Waals surface area contributed by atoms with Gasteiger partial charge >= 0.3 is 0 Å². The largest absolute Gasteiger partial charge is 0.356 e. The van der Waals surface area contributed by atoms with Crippen LogP contribution in [0, 0.1) is 6.92 Å². The van der Waals surface area contributed by atoms with Crippen molar-refractivity contribution >= 4 is 27.7 Å². The number of hydrogen-bond donors (Lipinski definition) is 3. The second-order valence-electron chi connectivity index (χ2n) is 3.83. The molecule has 19 heavy (non-hydrogen) atoms. The van der Waals surface area contributed by atoms with Gasteiger partial charge in [-0.3, -0.25) is 25.4 Å². The van der Waals surface area contributed by atoms with E-state index in [2.05, 4.69) is 36.7 Å². The lowest BCUT2D eigenvalue weighted by Gasteiger charge is -2.06. The number of aromatic amines is 1. The number of H-pyrrole nitrogens is 1. The fraction of sp³-hybridized carbons (Fsp3) is 0.0833. The lowest BCUT2D eigenvalue weighted by Crippen LogP contribution is -2.41. The van der Waals surface area contributed by atoms with Crippen LogP contribution in [0.4, 0.5) is 0 Å². The van der Waals surface area contributed by atoms with Crippen LogP contribution in [0.2, 0.25) is 0 Å². The molecule has 3 N–H and O–H groups in total. The first-order chi connectivity index (χ1) is 9.06. The van der Waals surface area contributed by atoms with Crippen molar-refractivity contribution in [2.45, 2.75) is 6.92 Å². The van der Waals surface area contributed by atoms with Gasteiger partial charge in [-0.2, -0.15) is 0 Å². The molecule has 0 aliphatic rings. The Kier molecular flexibility index (Phi) is 3.96. The zero-order valence-corrected chi connectivity index (χ0v) is 11.6. The van der Waals surface area contributed by atoms with Crippen molar-refractivity contribution in [3.63, 3.8) is 0 Å². The maximum atomic E-state index is 11.7. The molecule has 0 aromatic carbocycles. The average molecular weight is 323 g/mol. The molecule has 0 aliphatic heterocycles. The predicted octanol–water partition coefficient (Wildman–Crippen LogP) is 1.56. The summed E-state index contributed by atoms with van der Waals surface area (Å²) in [5.41, 5.74) is 6.15. The number of amides is 2. The smallest absolute Gasteiger partial charge is 0.286 e. The van der Waals surface area contributed by atoms with E-state index in [-0.39, 0.29) is 0 Å². The molecule has 0 saturated carbocycles. The standard InChI is InChI=1S/C12H11BrN4O2/c1-7-2-3-8(5-14-7)11(18)16-17-12(19)10-4-9(13)6-15-10/h2-6,15H,1H3,(H,16,18)(H,17,19). The van der Waals surface area contributed by atoms with Crippen molar-refractivity contribution in [3.8, 4) is 0 Å². The van der Waals surface area contributed by atoms with Crippen molar-refractivity contribution in [1.82, 2.24) is 20.8 Å². The minimum absolute atomic E-state index is 0.342. The minimum Gasteiger partial charge on any atom is -0.356 e. The Hall–Kier alpha value is -2.15. The third-order valence-corrected chi connectivity index (χ3v) is 2.81. The molecule has 0 aliphatic carbocycles. The lowest BCUT2D eigenvalue weighted by molar-refractivity contribution is 0.0844. The van der Waals surface area contributed by atoms with Crippen molar-refractivity contribution in [2.75, 3.05) is 0 Å². The zero-order valence-electron chi connectivity index (χ0n) is 10.0. The summed E-state index contributed by atoms with van der Waals surface area (Å²) in [6, 6.07) is 4.96. The second kappa shape index (κ2) is 5.66. The molecule has 0 spiro atoms. The van der Waals surface area contributed by atoms with Gasteiger partial charge in [0.1, 0.15) is 5.69 Å². The highest BCUT2D eigenvalue weighted by Gasteiger charge is 2.10. The Morgan fingerprint density at radius 2 is 2.00 bits per heavy atom. The normalized spacial score (nSPS) is 10.0. The fourth-order valence-corrected chi connectivity index (χ4v) is 1.70. The number of nitrogens with one attached hydrogen (secondary N) is 3. The number of carbonyl (C=O) groups excluding carboxylic acids is 2. The number of nitrogens with zero attached hydrogens (tertiary/aromatic N) is 1. The fourth-order valence-electron chi connectivity index (χ4n) is 1.35. The topological polar surface area (TPSA) is 86.9 Å². The van der Waals surface area contributed by atoms with E-state index in [1.54, 1.807) is 24.4 Å². The number of hydrogen-bond acceptors (Lipinski definition) is 3. The van der Waals surface area contributed by atoms with E-state index in [1.165, 1.54) is 6.20 Å². The number of carbonyl (C=O) groups is 2. The summed E-state index contributed by atoms with van der Waals surface area (Å²) in [5.74, 6) is -0.856. The van der Waals surface area contributed by atoms with Crippen LogP contribution in [0.5, 0.6) is 0 Å². The Labute approximate surface area is 117 Å². The van der Waals surface area contributed by atoms with E-state index in [1.807, 2.05) is 6.92 Å². The van der Waals surface area contributed by atoms with Crippen molar-refractivity contribution in [3.05, 3.63) is 52.0 Å². The molecule has 7 heteroatoms. The molecule has 2 aromatic heterocycles. The first kappa shape index (κ1) is 13.3. The van der Waals surface area contributed by atoms with E-state index in [4.69, 9.17) is 0 Å². The molecule has 98 valence electrons. The third-order valence-electron chi connectivity index (χ3n) is 2.36. The molecule has 0 radical (unpaired) electrons. The van der Waals surface area contributed by atoms with Gasteiger partial charge in [-0.05, 0) is 41.1 Å². The first-order valence-electron chi connectivity index (χ1n) is 5.43. The molecule has 0 bridgehead atoms. The zero-order chi connectivity index (χ0) is 13.8. The predicted molar refractivity (Wildman–Crippen MR) is 72.4 cm³/mol. The van der Waals surface area contributed by atoms with Crippen LogP contribution in [-0.4, -0.2) is 21.8 Å². The summed E-state index contributed by atoms with van der Waals surface area (Å²) < 4.78 is 0.756. The number of halogens is 1. The number of hydrazine groups is 1. The van der Waals surface area contributed by atoms with Crippen molar-refractivity contribution in [1.29, 1.82) is 0 Å². The van der Waals surface area contributed by atoms with Gasteiger partial charge in [0, 0.05) is 22.6 Å². The highest BCUT2D eigenvalue weighted by molar-refractivity contribution is 9.10. The van der Waals surface area contributed by atoms with Gasteiger partial charge in [0.15, 0.2) is 0 Å².